The molecule has 4 atom stereocenters. The Balaban J connectivity index is 1.46. The number of amides is 3. The molecule has 1 aromatic rings. The SMILES string of the molecule is O=C(CN1C(=O)[C@H]2[C@@H]3CC[C@@H](C3)[C@@H]2C1=O)Nc1ccccc1. The fourth-order valence-corrected chi connectivity index (χ4v) is 4.49. The molecule has 2 bridgehead atoms. The number of imide groups is 1. The molecule has 5 nitrogen and oxygen atoms in total. The fraction of sp³-hybridized carbons (Fsp3) is 0.471. The first-order valence-electron chi connectivity index (χ1n) is 7.85. The lowest BCUT2D eigenvalue weighted by atomic mass is 9.81. The van der Waals surface area contributed by atoms with E-state index in [0.717, 1.165) is 19.3 Å². The van der Waals surface area contributed by atoms with Crippen LogP contribution in [0, 0.1) is 23.7 Å². The van der Waals surface area contributed by atoms with E-state index in [-0.39, 0.29) is 36.1 Å². The number of carbonyl (C=O) groups is 3. The number of anilines is 1. The van der Waals surface area contributed by atoms with Gasteiger partial charge in [-0.1, -0.05) is 18.2 Å². The Morgan fingerprint density at radius 1 is 1.05 bits per heavy atom. The molecule has 0 spiro atoms. The summed E-state index contributed by atoms with van der Waals surface area (Å²) in [4.78, 5) is 38.3. The standard InChI is InChI=1S/C17H18N2O3/c20-13(18-12-4-2-1-3-5-12)9-19-16(21)14-10-6-7-11(8-10)15(14)17(19)22/h1-5,10-11,14-15H,6-9H2,(H,18,20)/t10-,11+,14-,15-/m0/s1. The summed E-state index contributed by atoms with van der Waals surface area (Å²) in [5.41, 5.74) is 0.673. The highest BCUT2D eigenvalue weighted by molar-refractivity contribution is 6.09. The van der Waals surface area contributed by atoms with Crippen molar-refractivity contribution in [1.29, 1.82) is 0 Å². The summed E-state index contributed by atoms with van der Waals surface area (Å²) in [5.74, 6) is -0.190. The van der Waals surface area contributed by atoms with Crippen LogP contribution in [0.2, 0.25) is 0 Å². The molecule has 0 unspecified atom stereocenters. The van der Waals surface area contributed by atoms with Crippen molar-refractivity contribution in [3.05, 3.63) is 30.3 Å². The number of hydrogen-bond acceptors (Lipinski definition) is 3. The first kappa shape index (κ1) is 13.5. The third kappa shape index (κ3) is 1.95. The molecule has 0 radical (unpaired) electrons. The smallest absolute Gasteiger partial charge is 0.244 e. The maximum Gasteiger partial charge on any atom is 0.244 e. The van der Waals surface area contributed by atoms with E-state index < -0.39 is 0 Å². The summed E-state index contributed by atoms with van der Waals surface area (Å²) in [7, 11) is 0. The summed E-state index contributed by atoms with van der Waals surface area (Å²) >= 11 is 0. The third-order valence-corrected chi connectivity index (χ3v) is 5.38. The number of para-hydroxylation sites is 1. The van der Waals surface area contributed by atoms with Crippen LogP contribution in [0.25, 0.3) is 0 Å². The van der Waals surface area contributed by atoms with E-state index >= 15 is 0 Å². The van der Waals surface area contributed by atoms with Gasteiger partial charge in [0.15, 0.2) is 0 Å². The van der Waals surface area contributed by atoms with E-state index in [4.69, 9.17) is 0 Å². The van der Waals surface area contributed by atoms with Gasteiger partial charge in [0.25, 0.3) is 0 Å². The third-order valence-electron chi connectivity index (χ3n) is 5.38. The van der Waals surface area contributed by atoms with Gasteiger partial charge in [-0.3, -0.25) is 19.3 Å². The van der Waals surface area contributed by atoms with Gasteiger partial charge in [0.05, 0.1) is 11.8 Å². The highest BCUT2D eigenvalue weighted by Gasteiger charge is 2.60. The number of rotatable bonds is 3. The lowest BCUT2D eigenvalue weighted by Gasteiger charge is -2.19. The highest BCUT2D eigenvalue weighted by Crippen LogP contribution is 2.55. The summed E-state index contributed by atoms with van der Waals surface area (Å²) < 4.78 is 0. The number of hydrogen-bond donors (Lipinski definition) is 1. The van der Waals surface area contributed by atoms with Gasteiger partial charge in [0.1, 0.15) is 6.54 Å². The van der Waals surface area contributed by atoms with Crippen LogP contribution < -0.4 is 5.32 Å². The minimum absolute atomic E-state index is 0.134. The van der Waals surface area contributed by atoms with Crippen molar-refractivity contribution in [3.8, 4) is 0 Å². The van der Waals surface area contributed by atoms with Crippen molar-refractivity contribution in [1.82, 2.24) is 4.90 Å². The molecular weight excluding hydrogens is 280 g/mol. The zero-order valence-corrected chi connectivity index (χ0v) is 12.2. The Kier molecular flexibility index (Phi) is 3.03. The average Bonchev–Trinajstić information content (AvgIpc) is 3.18. The topological polar surface area (TPSA) is 66.5 Å². The maximum absolute atomic E-state index is 12.5. The van der Waals surface area contributed by atoms with Crippen molar-refractivity contribution < 1.29 is 14.4 Å². The molecule has 22 heavy (non-hydrogen) atoms. The molecule has 1 saturated heterocycles. The largest absolute Gasteiger partial charge is 0.325 e. The molecule has 2 aliphatic carbocycles. The van der Waals surface area contributed by atoms with Crippen LogP contribution in [-0.4, -0.2) is 29.2 Å². The molecule has 1 N–H and O–H groups in total. The monoisotopic (exact) mass is 298 g/mol. The van der Waals surface area contributed by atoms with Crippen LogP contribution in [0.4, 0.5) is 5.69 Å². The van der Waals surface area contributed by atoms with Gasteiger partial charge in [-0.05, 0) is 43.2 Å². The summed E-state index contributed by atoms with van der Waals surface area (Å²) in [6.45, 7) is -0.168. The zero-order chi connectivity index (χ0) is 15.3. The molecule has 114 valence electrons. The average molecular weight is 298 g/mol. The lowest BCUT2D eigenvalue weighted by Crippen LogP contribution is -2.39. The predicted octanol–water partition coefficient (Wildman–Crippen LogP) is 1.66. The van der Waals surface area contributed by atoms with Crippen molar-refractivity contribution >= 4 is 23.4 Å². The van der Waals surface area contributed by atoms with Gasteiger partial charge in [-0.2, -0.15) is 0 Å². The minimum Gasteiger partial charge on any atom is -0.325 e. The van der Waals surface area contributed by atoms with E-state index in [0.29, 0.717) is 17.5 Å². The summed E-state index contributed by atoms with van der Waals surface area (Å²) in [5, 5.41) is 2.73. The molecular formula is C17H18N2O3. The molecule has 1 heterocycles. The molecule has 1 aliphatic heterocycles. The predicted molar refractivity (Wildman–Crippen MR) is 79.6 cm³/mol. The van der Waals surface area contributed by atoms with Crippen LogP contribution in [0.5, 0.6) is 0 Å². The first-order valence-corrected chi connectivity index (χ1v) is 7.85. The number of fused-ring (bicyclic) bond motifs is 5. The van der Waals surface area contributed by atoms with Crippen LogP contribution >= 0.6 is 0 Å². The lowest BCUT2D eigenvalue weighted by molar-refractivity contribution is -0.143. The Bertz CT molecular complexity index is 615. The second-order valence-corrected chi connectivity index (χ2v) is 6.56. The van der Waals surface area contributed by atoms with Crippen molar-refractivity contribution in [3.63, 3.8) is 0 Å². The molecule has 3 fully saturated rings. The van der Waals surface area contributed by atoms with Gasteiger partial charge in [0, 0.05) is 5.69 Å². The fourth-order valence-electron chi connectivity index (χ4n) is 4.49. The summed E-state index contributed by atoms with van der Waals surface area (Å²) in [6.07, 6.45) is 3.11. The quantitative estimate of drug-likeness (QED) is 0.863. The molecule has 4 rings (SSSR count). The van der Waals surface area contributed by atoms with Crippen molar-refractivity contribution in [2.45, 2.75) is 19.3 Å². The second kappa shape index (κ2) is 4.93. The van der Waals surface area contributed by atoms with E-state index in [1.807, 2.05) is 18.2 Å². The number of likely N-dealkylation sites (tertiary alicyclic amines) is 1. The Labute approximate surface area is 128 Å². The van der Waals surface area contributed by atoms with E-state index in [1.54, 1.807) is 12.1 Å². The maximum atomic E-state index is 12.5. The number of carbonyl (C=O) groups excluding carboxylic acids is 3. The van der Waals surface area contributed by atoms with Crippen molar-refractivity contribution in [2.24, 2.45) is 23.7 Å². The molecule has 2 saturated carbocycles. The van der Waals surface area contributed by atoms with Gasteiger partial charge in [-0.15, -0.1) is 0 Å². The summed E-state index contributed by atoms with van der Waals surface area (Å²) in [6, 6.07) is 9.06. The van der Waals surface area contributed by atoms with Gasteiger partial charge < -0.3 is 5.32 Å². The normalized spacial score (nSPS) is 32.5. The number of nitrogens with one attached hydrogen (secondary N) is 1. The van der Waals surface area contributed by atoms with Crippen LogP contribution in [0.15, 0.2) is 30.3 Å². The molecule has 3 aliphatic rings. The minimum atomic E-state index is -0.319. The molecule has 0 aromatic heterocycles. The molecule has 5 heteroatoms. The number of benzene rings is 1. The van der Waals surface area contributed by atoms with Gasteiger partial charge in [-0.25, -0.2) is 0 Å². The molecule has 1 aromatic carbocycles. The van der Waals surface area contributed by atoms with E-state index in [1.165, 1.54) is 4.90 Å². The van der Waals surface area contributed by atoms with Gasteiger partial charge >= 0.3 is 0 Å². The van der Waals surface area contributed by atoms with Crippen LogP contribution in [0.1, 0.15) is 19.3 Å². The van der Waals surface area contributed by atoms with E-state index in [2.05, 4.69) is 5.32 Å². The first-order chi connectivity index (χ1) is 10.6. The highest BCUT2D eigenvalue weighted by atomic mass is 16.2. The zero-order valence-electron chi connectivity index (χ0n) is 12.2. The van der Waals surface area contributed by atoms with Crippen molar-refractivity contribution in [2.75, 3.05) is 11.9 Å². The Morgan fingerprint density at radius 3 is 2.23 bits per heavy atom. The second-order valence-electron chi connectivity index (χ2n) is 6.56. The van der Waals surface area contributed by atoms with E-state index in [9.17, 15) is 14.4 Å². The van der Waals surface area contributed by atoms with Crippen LogP contribution in [-0.2, 0) is 14.4 Å². The molecule has 3 amide bonds. The Morgan fingerprint density at radius 2 is 1.64 bits per heavy atom. The number of nitrogens with zero attached hydrogens (tertiary/aromatic N) is 1. The van der Waals surface area contributed by atoms with Crippen LogP contribution in [0.3, 0.4) is 0 Å². The Hall–Kier alpha value is -2.17. The van der Waals surface area contributed by atoms with Gasteiger partial charge in [0.2, 0.25) is 17.7 Å².